The first-order valence-corrected chi connectivity index (χ1v) is 10.1. The fraction of sp³-hybridized carbons (Fsp3) is 0.545. The lowest BCUT2D eigenvalue weighted by atomic mass is 9.94. The van der Waals surface area contributed by atoms with Gasteiger partial charge in [0.25, 0.3) is 0 Å². The molecular weight excluding hydrogens is 350 g/mol. The average Bonchev–Trinajstić information content (AvgIpc) is 3.14. The Morgan fingerprint density at radius 2 is 1.93 bits per heavy atom. The van der Waals surface area contributed by atoms with Gasteiger partial charge in [-0.25, -0.2) is 9.98 Å². The monoisotopic (exact) mass is 385 g/mol. The molecule has 0 bridgehead atoms. The van der Waals surface area contributed by atoms with Gasteiger partial charge < -0.3 is 20.0 Å². The maximum atomic E-state index is 5.84. The third-order valence-electron chi connectivity index (χ3n) is 4.45. The summed E-state index contributed by atoms with van der Waals surface area (Å²) in [4.78, 5) is 11.4. The van der Waals surface area contributed by atoms with Gasteiger partial charge >= 0.3 is 0 Å². The maximum absolute atomic E-state index is 5.84. The molecule has 0 atom stereocenters. The fourth-order valence-electron chi connectivity index (χ4n) is 2.66. The van der Waals surface area contributed by atoms with Crippen LogP contribution in [0.15, 0.2) is 39.9 Å². The van der Waals surface area contributed by atoms with Gasteiger partial charge in [-0.3, -0.25) is 0 Å². The molecule has 0 spiro atoms. The maximum Gasteiger partial charge on any atom is 0.213 e. The second-order valence-corrected chi connectivity index (χ2v) is 8.07. The Morgan fingerprint density at radius 1 is 1.18 bits per heavy atom. The van der Waals surface area contributed by atoms with E-state index in [1.165, 1.54) is 11.1 Å². The van der Waals surface area contributed by atoms with Crippen molar-refractivity contribution in [1.29, 1.82) is 0 Å². The zero-order valence-corrected chi connectivity index (χ0v) is 18.2. The summed E-state index contributed by atoms with van der Waals surface area (Å²) in [5.41, 5.74) is 2.47. The van der Waals surface area contributed by atoms with Gasteiger partial charge in [-0.2, -0.15) is 0 Å². The first-order valence-electron chi connectivity index (χ1n) is 10.1. The molecule has 2 N–H and O–H groups in total. The van der Waals surface area contributed by atoms with Crippen LogP contribution in [0.3, 0.4) is 0 Å². The Hall–Kier alpha value is -2.34. The highest BCUT2D eigenvalue weighted by molar-refractivity contribution is 5.79. The van der Waals surface area contributed by atoms with E-state index in [0.717, 1.165) is 31.4 Å². The van der Waals surface area contributed by atoms with Crippen LogP contribution in [-0.2, 0) is 25.0 Å². The predicted octanol–water partition coefficient (Wildman–Crippen LogP) is 3.68. The van der Waals surface area contributed by atoms with Gasteiger partial charge in [0.1, 0.15) is 5.76 Å². The topological polar surface area (TPSA) is 65.7 Å². The Morgan fingerprint density at radius 3 is 2.57 bits per heavy atom. The van der Waals surface area contributed by atoms with Crippen molar-refractivity contribution in [2.24, 2.45) is 4.99 Å². The zero-order valence-electron chi connectivity index (χ0n) is 18.2. The molecule has 0 aliphatic carbocycles. The van der Waals surface area contributed by atoms with Gasteiger partial charge in [-0.05, 0) is 31.6 Å². The van der Waals surface area contributed by atoms with Crippen LogP contribution in [0.25, 0.3) is 0 Å². The molecule has 0 aliphatic heterocycles. The molecule has 0 unspecified atom stereocenters. The average molecular weight is 386 g/mol. The van der Waals surface area contributed by atoms with E-state index >= 15 is 0 Å². The number of hydrogen-bond donors (Lipinski definition) is 2. The van der Waals surface area contributed by atoms with E-state index in [1.807, 2.05) is 0 Å². The molecule has 0 amide bonds. The third-order valence-corrected chi connectivity index (χ3v) is 4.45. The van der Waals surface area contributed by atoms with Gasteiger partial charge in [0, 0.05) is 18.5 Å². The normalized spacial score (nSPS) is 12.5. The number of nitrogens with zero attached hydrogens (tertiary/aromatic N) is 3. The predicted molar refractivity (Wildman–Crippen MR) is 115 cm³/mol. The summed E-state index contributed by atoms with van der Waals surface area (Å²) >= 11 is 0. The third kappa shape index (κ3) is 7.00. The largest absolute Gasteiger partial charge is 0.443 e. The summed E-state index contributed by atoms with van der Waals surface area (Å²) < 4.78 is 5.84. The molecule has 6 nitrogen and oxygen atoms in total. The fourth-order valence-corrected chi connectivity index (χ4v) is 2.66. The van der Waals surface area contributed by atoms with Gasteiger partial charge in [0.05, 0.1) is 19.3 Å². The van der Waals surface area contributed by atoms with Crippen LogP contribution in [-0.4, -0.2) is 36.0 Å². The van der Waals surface area contributed by atoms with Crippen LogP contribution in [0, 0.1) is 0 Å². The minimum atomic E-state index is -0.0410. The summed E-state index contributed by atoms with van der Waals surface area (Å²) in [6.45, 7) is 14.5. The molecule has 0 fully saturated rings. The summed E-state index contributed by atoms with van der Waals surface area (Å²) in [5.74, 6) is 2.31. The highest BCUT2D eigenvalue weighted by Crippen LogP contribution is 2.22. The first kappa shape index (κ1) is 22.0. The molecule has 28 heavy (non-hydrogen) atoms. The Bertz CT molecular complexity index is 760. The summed E-state index contributed by atoms with van der Waals surface area (Å²) in [6, 6.07) is 8.61. The lowest BCUT2D eigenvalue weighted by molar-refractivity contribution is 0.345. The lowest BCUT2D eigenvalue weighted by Gasteiger charge is -2.14. The van der Waals surface area contributed by atoms with Crippen molar-refractivity contribution in [3.8, 4) is 0 Å². The van der Waals surface area contributed by atoms with E-state index in [4.69, 9.17) is 9.41 Å². The van der Waals surface area contributed by atoms with Crippen molar-refractivity contribution in [2.75, 3.05) is 20.1 Å². The van der Waals surface area contributed by atoms with Gasteiger partial charge in [-0.15, -0.1) is 0 Å². The Labute approximate surface area is 169 Å². The zero-order chi connectivity index (χ0) is 20.6. The van der Waals surface area contributed by atoms with Crippen LogP contribution in [0.5, 0.6) is 0 Å². The second kappa shape index (κ2) is 10.3. The first-order chi connectivity index (χ1) is 13.3. The summed E-state index contributed by atoms with van der Waals surface area (Å²) in [5, 5.41) is 6.58. The van der Waals surface area contributed by atoms with Gasteiger partial charge in [0.15, 0.2) is 5.96 Å². The molecule has 2 aromatic rings. The number of benzene rings is 1. The highest BCUT2D eigenvalue weighted by Gasteiger charge is 2.19. The lowest BCUT2D eigenvalue weighted by Crippen LogP contribution is -2.36. The number of oxazole rings is 1. The molecule has 1 aromatic heterocycles. The van der Waals surface area contributed by atoms with Crippen molar-refractivity contribution in [3.63, 3.8) is 0 Å². The molecule has 0 aliphatic rings. The van der Waals surface area contributed by atoms with E-state index in [2.05, 4.69) is 86.4 Å². The standard InChI is InChI=1S/C22H35N5O/c1-7-23-21(26-15-20-24-14-19(28-20)22(3,4)5)25-13-17-10-9-11-18(12-17)16-27(6)8-2/h9-12,14H,7-8,13,15-16H2,1-6H3,(H2,23,25,26). The number of aromatic nitrogens is 1. The number of guanidine groups is 1. The van der Waals surface area contributed by atoms with Crippen molar-refractivity contribution >= 4 is 5.96 Å². The molecule has 6 heteroatoms. The van der Waals surface area contributed by atoms with Crippen molar-refractivity contribution in [1.82, 2.24) is 20.5 Å². The van der Waals surface area contributed by atoms with E-state index < -0.39 is 0 Å². The highest BCUT2D eigenvalue weighted by atomic mass is 16.4. The Balaban J connectivity index is 1.98. The minimum absolute atomic E-state index is 0.0410. The van der Waals surface area contributed by atoms with Crippen LogP contribution in [0.4, 0.5) is 0 Å². The molecular formula is C22H35N5O. The van der Waals surface area contributed by atoms with Crippen LogP contribution < -0.4 is 10.6 Å². The number of nitrogens with one attached hydrogen (secondary N) is 2. The van der Waals surface area contributed by atoms with E-state index in [-0.39, 0.29) is 5.41 Å². The number of aliphatic imine (C=N–C) groups is 1. The van der Waals surface area contributed by atoms with Gasteiger partial charge in [-0.1, -0.05) is 52.0 Å². The quantitative estimate of drug-likeness (QED) is 0.536. The molecule has 154 valence electrons. The SMILES string of the molecule is CCNC(=NCc1cccc(CN(C)CC)c1)NCc1ncc(C(C)(C)C)o1. The Kier molecular flexibility index (Phi) is 8.05. The molecule has 2 rings (SSSR count). The van der Waals surface area contributed by atoms with Crippen molar-refractivity contribution < 1.29 is 4.42 Å². The second-order valence-electron chi connectivity index (χ2n) is 8.07. The van der Waals surface area contributed by atoms with E-state index in [1.54, 1.807) is 6.20 Å². The van der Waals surface area contributed by atoms with Gasteiger partial charge in [0.2, 0.25) is 5.89 Å². The van der Waals surface area contributed by atoms with E-state index in [9.17, 15) is 0 Å². The van der Waals surface area contributed by atoms with E-state index in [0.29, 0.717) is 19.0 Å². The van der Waals surface area contributed by atoms with Crippen molar-refractivity contribution in [3.05, 3.63) is 53.2 Å². The molecule has 0 saturated carbocycles. The number of rotatable bonds is 8. The van der Waals surface area contributed by atoms with Crippen LogP contribution >= 0.6 is 0 Å². The molecule has 0 radical (unpaired) electrons. The molecule has 1 heterocycles. The smallest absolute Gasteiger partial charge is 0.213 e. The molecule has 1 aromatic carbocycles. The van der Waals surface area contributed by atoms with Crippen LogP contribution in [0.2, 0.25) is 0 Å². The van der Waals surface area contributed by atoms with Crippen molar-refractivity contribution in [2.45, 2.75) is 59.7 Å². The van der Waals surface area contributed by atoms with Crippen LogP contribution in [0.1, 0.15) is 57.4 Å². The number of hydrogen-bond acceptors (Lipinski definition) is 4. The minimum Gasteiger partial charge on any atom is -0.443 e. The summed E-state index contributed by atoms with van der Waals surface area (Å²) in [7, 11) is 2.13. The molecule has 0 saturated heterocycles. The summed E-state index contributed by atoms with van der Waals surface area (Å²) in [6.07, 6.45) is 1.81.